The number of hydrogen-bond acceptors (Lipinski definition) is 5. The Bertz CT molecular complexity index is 715. The van der Waals surface area contributed by atoms with Gasteiger partial charge in [0.1, 0.15) is 11.3 Å². The van der Waals surface area contributed by atoms with Crippen molar-refractivity contribution in [2.45, 2.75) is 45.4 Å². The van der Waals surface area contributed by atoms with Gasteiger partial charge in [0.25, 0.3) is 0 Å². The van der Waals surface area contributed by atoms with E-state index >= 15 is 0 Å². The van der Waals surface area contributed by atoms with Crippen LogP contribution in [0.3, 0.4) is 0 Å². The molecule has 4 fully saturated rings. The van der Waals surface area contributed by atoms with Gasteiger partial charge < -0.3 is 9.47 Å². The quantitative estimate of drug-likeness (QED) is 0.596. The average Bonchev–Trinajstić information content (AvgIpc) is 2.58. The van der Waals surface area contributed by atoms with Crippen LogP contribution in [0, 0.1) is 23.2 Å². The van der Waals surface area contributed by atoms with Crippen LogP contribution in [0.2, 0.25) is 0 Å². The summed E-state index contributed by atoms with van der Waals surface area (Å²) in [6.45, 7) is 1.08. The van der Waals surface area contributed by atoms with E-state index in [9.17, 15) is 14.4 Å². The highest BCUT2D eigenvalue weighted by Gasteiger charge is 2.54. The van der Waals surface area contributed by atoms with Crippen LogP contribution in [0.1, 0.15) is 55.8 Å². The van der Waals surface area contributed by atoms with Gasteiger partial charge in [0.15, 0.2) is 12.4 Å². The molecule has 138 valence electrons. The molecule has 0 unspecified atom stereocenters. The van der Waals surface area contributed by atoms with Gasteiger partial charge in [0.05, 0.1) is 0 Å². The molecule has 0 saturated heterocycles. The summed E-state index contributed by atoms with van der Waals surface area (Å²) < 4.78 is 10.4. The summed E-state index contributed by atoms with van der Waals surface area (Å²) in [6.07, 6.45) is 6.67. The van der Waals surface area contributed by atoms with E-state index in [2.05, 4.69) is 0 Å². The van der Waals surface area contributed by atoms with Gasteiger partial charge in [-0.1, -0.05) is 12.1 Å². The van der Waals surface area contributed by atoms with Gasteiger partial charge in [-0.2, -0.15) is 0 Å². The lowest BCUT2D eigenvalue weighted by atomic mass is 9.48. The van der Waals surface area contributed by atoms with Gasteiger partial charge in [0, 0.05) is 12.3 Å². The molecular formula is C21H24O5. The summed E-state index contributed by atoms with van der Waals surface area (Å²) in [7, 11) is 0. The van der Waals surface area contributed by atoms with E-state index in [4.69, 9.17) is 9.47 Å². The Labute approximate surface area is 153 Å². The van der Waals surface area contributed by atoms with Crippen molar-refractivity contribution >= 4 is 17.7 Å². The van der Waals surface area contributed by atoms with E-state index in [1.165, 1.54) is 32.3 Å². The summed E-state index contributed by atoms with van der Waals surface area (Å²) >= 11 is 0. The molecule has 4 saturated carbocycles. The first kappa shape index (κ1) is 17.3. The van der Waals surface area contributed by atoms with E-state index in [0.29, 0.717) is 17.8 Å². The molecule has 0 spiro atoms. The number of ketones is 1. The van der Waals surface area contributed by atoms with Gasteiger partial charge in [0.2, 0.25) is 0 Å². The van der Waals surface area contributed by atoms with Gasteiger partial charge in [-0.25, -0.2) is 4.79 Å². The molecule has 5 rings (SSSR count). The molecule has 0 N–H and O–H groups in total. The lowest BCUT2D eigenvalue weighted by Crippen LogP contribution is -2.51. The maximum absolute atomic E-state index is 12.9. The second-order valence-corrected chi connectivity index (χ2v) is 8.29. The first-order valence-electron chi connectivity index (χ1n) is 9.43. The minimum Gasteiger partial charge on any atom is -0.454 e. The molecule has 4 aliphatic carbocycles. The number of hydrogen-bond donors (Lipinski definition) is 0. The molecule has 0 radical (unpaired) electrons. The molecule has 0 atom stereocenters. The summed E-state index contributed by atoms with van der Waals surface area (Å²) in [4.78, 5) is 36.5. The minimum atomic E-state index is -0.625. The van der Waals surface area contributed by atoms with Gasteiger partial charge in [-0.15, -0.1) is 0 Å². The van der Waals surface area contributed by atoms with Crippen LogP contribution in [-0.4, -0.2) is 24.3 Å². The van der Waals surface area contributed by atoms with Crippen molar-refractivity contribution in [3.8, 4) is 5.75 Å². The standard InChI is InChI=1S/C21H24O5/c1-13(22)26-18-5-3-2-4-17(18)20(24)25-12-19(23)21-9-14-6-15(10-21)8-16(7-14)11-21/h2-5,14-16H,6-12H2,1H3. The Kier molecular flexibility index (Phi) is 4.33. The van der Waals surface area contributed by atoms with E-state index in [0.717, 1.165) is 19.3 Å². The third-order valence-corrected chi connectivity index (χ3v) is 6.32. The van der Waals surface area contributed by atoms with Crippen LogP contribution >= 0.6 is 0 Å². The monoisotopic (exact) mass is 356 g/mol. The number of rotatable bonds is 5. The van der Waals surface area contributed by atoms with E-state index in [1.54, 1.807) is 18.2 Å². The van der Waals surface area contributed by atoms with Crippen molar-refractivity contribution in [3.05, 3.63) is 29.8 Å². The second kappa shape index (κ2) is 6.53. The van der Waals surface area contributed by atoms with Crippen molar-refractivity contribution in [3.63, 3.8) is 0 Å². The molecule has 0 aromatic heterocycles. The number of carbonyl (C=O) groups is 3. The van der Waals surface area contributed by atoms with E-state index < -0.39 is 11.9 Å². The fraction of sp³-hybridized carbons (Fsp3) is 0.571. The fourth-order valence-corrected chi connectivity index (χ4v) is 5.69. The Morgan fingerprint density at radius 3 is 2.15 bits per heavy atom. The molecule has 4 aliphatic rings. The summed E-state index contributed by atoms with van der Waals surface area (Å²) in [5.74, 6) is 1.11. The number of ether oxygens (including phenoxy) is 2. The highest BCUT2D eigenvalue weighted by atomic mass is 16.5. The average molecular weight is 356 g/mol. The number of esters is 2. The lowest BCUT2D eigenvalue weighted by molar-refractivity contribution is -0.147. The topological polar surface area (TPSA) is 69.7 Å². The number of para-hydroxylation sites is 1. The Hall–Kier alpha value is -2.17. The van der Waals surface area contributed by atoms with Crippen molar-refractivity contribution < 1.29 is 23.9 Å². The zero-order valence-corrected chi connectivity index (χ0v) is 15.0. The van der Waals surface area contributed by atoms with Gasteiger partial charge >= 0.3 is 11.9 Å². The smallest absolute Gasteiger partial charge is 0.342 e. The molecular weight excluding hydrogens is 332 g/mol. The van der Waals surface area contributed by atoms with Gasteiger partial charge in [-0.3, -0.25) is 9.59 Å². The molecule has 26 heavy (non-hydrogen) atoms. The third kappa shape index (κ3) is 3.15. The van der Waals surface area contributed by atoms with Crippen LogP contribution in [0.15, 0.2) is 24.3 Å². The predicted molar refractivity (Wildman–Crippen MR) is 93.6 cm³/mol. The van der Waals surface area contributed by atoms with Crippen molar-refractivity contribution in [1.82, 2.24) is 0 Å². The molecule has 1 aromatic rings. The molecule has 0 aliphatic heterocycles. The minimum absolute atomic E-state index is 0.0647. The molecule has 1 aromatic carbocycles. The fourth-order valence-electron chi connectivity index (χ4n) is 5.69. The first-order chi connectivity index (χ1) is 12.4. The second-order valence-electron chi connectivity index (χ2n) is 8.29. The van der Waals surface area contributed by atoms with E-state index in [-0.39, 0.29) is 29.1 Å². The zero-order chi connectivity index (χ0) is 18.3. The van der Waals surface area contributed by atoms with E-state index in [1.807, 2.05) is 0 Å². The normalized spacial score (nSPS) is 31.5. The van der Waals surface area contributed by atoms with Crippen molar-refractivity contribution in [1.29, 1.82) is 0 Å². The van der Waals surface area contributed by atoms with Crippen LogP contribution in [0.4, 0.5) is 0 Å². The molecule has 0 heterocycles. The molecule has 0 amide bonds. The Morgan fingerprint density at radius 2 is 1.58 bits per heavy atom. The molecule has 5 nitrogen and oxygen atoms in total. The van der Waals surface area contributed by atoms with Gasteiger partial charge in [-0.05, 0) is 68.4 Å². The van der Waals surface area contributed by atoms with Crippen molar-refractivity contribution in [2.75, 3.05) is 6.61 Å². The zero-order valence-electron chi connectivity index (χ0n) is 15.0. The van der Waals surface area contributed by atoms with Crippen LogP contribution in [0.5, 0.6) is 5.75 Å². The maximum atomic E-state index is 12.9. The highest BCUT2D eigenvalue weighted by molar-refractivity contribution is 5.95. The van der Waals surface area contributed by atoms with Crippen molar-refractivity contribution in [2.24, 2.45) is 23.2 Å². The number of carbonyl (C=O) groups excluding carboxylic acids is 3. The Morgan fingerprint density at radius 1 is 1.00 bits per heavy atom. The number of Topliss-reactive ketones (excluding diaryl/α,β-unsaturated/α-hetero) is 1. The first-order valence-corrected chi connectivity index (χ1v) is 9.43. The molecule has 5 heteroatoms. The SMILES string of the molecule is CC(=O)Oc1ccccc1C(=O)OCC(=O)C12CC3CC(CC(C3)C1)C2. The maximum Gasteiger partial charge on any atom is 0.342 e. The molecule has 4 bridgehead atoms. The van der Waals surface area contributed by atoms with Crippen LogP contribution < -0.4 is 4.74 Å². The highest BCUT2D eigenvalue weighted by Crippen LogP contribution is 2.60. The van der Waals surface area contributed by atoms with Crippen LogP contribution in [0.25, 0.3) is 0 Å². The largest absolute Gasteiger partial charge is 0.454 e. The third-order valence-electron chi connectivity index (χ3n) is 6.32. The Balaban J connectivity index is 1.42. The summed E-state index contributed by atoms with van der Waals surface area (Å²) in [6, 6.07) is 6.43. The van der Waals surface area contributed by atoms with Crippen LogP contribution in [-0.2, 0) is 14.3 Å². The lowest BCUT2D eigenvalue weighted by Gasteiger charge is -2.55. The predicted octanol–water partition coefficient (Wildman–Crippen LogP) is 3.55. The number of benzene rings is 1. The summed E-state index contributed by atoms with van der Waals surface area (Å²) in [5, 5.41) is 0. The summed E-state index contributed by atoms with van der Waals surface area (Å²) in [5.41, 5.74) is -0.106.